The van der Waals surface area contributed by atoms with Crippen LogP contribution in [0.25, 0.3) is 0 Å². The van der Waals surface area contributed by atoms with Gasteiger partial charge in [-0.25, -0.2) is 9.59 Å². The summed E-state index contributed by atoms with van der Waals surface area (Å²) < 4.78 is 48.2. The molecule has 0 heterocycles. The number of hydrogen-bond donors (Lipinski definition) is 1. The van der Waals surface area contributed by atoms with Crippen molar-refractivity contribution in [3.05, 3.63) is 39.5 Å². The zero-order chi connectivity index (χ0) is 18.5. The second-order valence-electron chi connectivity index (χ2n) is 4.19. The number of halogens is 4. The van der Waals surface area contributed by atoms with E-state index in [1.54, 1.807) is 6.07 Å². The highest BCUT2D eigenvalue weighted by atomic mass is 79.9. The van der Waals surface area contributed by atoms with Crippen molar-refractivity contribution in [2.45, 2.75) is 6.18 Å². The van der Waals surface area contributed by atoms with Crippen LogP contribution >= 0.6 is 15.9 Å². The Labute approximate surface area is 143 Å². The van der Waals surface area contributed by atoms with Crippen LogP contribution in [0.1, 0.15) is 11.1 Å². The summed E-state index contributed by atoms with van der Waals surface area (Å²) in [6.45, 7) is 0. The van der Waals surface area contributed by atoms with Crippen molar-refractivity contribution in [2.75, 3.05) is 19.5 Å². The predicted molar refractivity (Wildman–Crippen MR) is 79.6 cm³/mol. The van der Waals surface area contributed by atoms with Crippen molar-refractivity contribution < 1.29 is 32.2 Å². The van der Waals surface area contributed by atoms with Gasteiger partial charge >= 0.3 is 18.1 Å². The summed E-state index contributed by atoms with van der Waals surface area (Å²) in [6.07, 6.45) is -4.17. The minimum atomic E-state index is -4.82. The lowest BCUT2D eigenvalue weighted by molar-refractivity contribution is -0.138. The number of methoxy groups -OCH3 is 2. The van der Waals surface area contributed by atoms with Crippen molar-refractivity contribution in [3.8, 4) is 6.07 Å². The van der Waals surface area contributed by atoms with Crippen LogP contribution in [-0.2, 0) is 25.2 Å². The number of carbonyl (C=O) groups is 2. The summed E-state index contributed by atoms with van der Waals surface area (Å²) in [5.41, 5.74) is -2.56. The number of nitrogens with one attached hydrogen (secondary N) is 1. The Morgan fingerprint density at radius 1 is 1.29 bits per heavy atom. The molecule has 1 rings (SSSR count). The highest BCUT2D eigenvalue weighted by molar-refractivity contribution is 9.10. The number of hydrogen-bond acceptors (Lipinski definition) is 6. The van der Waals surface area contributed by atoms with Crippen LogP contribution in [0.15, 0.2) is 28.4 Å². The fraction of sp³-hybridized carbons (Fsp3) is 0.214. The summed E-state index contributed by atoms with van der Waals surface area (Å²) in [4.78, 5) is 22.9. The lowest BCUT2D eigenvalue weighted by Crippen LogP contribution is -2.18. The van der Waals surface area contributed by atoms with E-state index in [1.165, 1.54) is 0 Å². The van der Waals surface area contributed by atoms with E-state index < -0.39 is 35.1 Å². The van der Waals surface area contributed by atoms with Crippen molar-refractivity contribution in [1.29, 1.82) is 5.26 Å². The van der Waals surface area contributed by atoms with Gasteiger partial charge in [-0.2, -0.15) is 18.4 Å². The zero-order valence-corrected chi connectivity index (χ0v) is 13.9. The number of alkyl halides is 3. The molecule has 0 radical (unpaired) electrons. The minimum Gasteiger partial charge on any atom is -0.466 e. The molecule has 0 atom stereocenters. The van der Waals surface area contributed by atoms with Gasteiger partial charge in [0.2, 0.25) is 0 Å². The van der Waals surface area contributed by atoms with Gasteiger partial charge in [0.15, 0.2) is 0 Å². The molecule has 1 N–H and O–H groups in total. The molecule has 0 unspecified atom stereocenters. The molecule has 0 spiro atoms. The molecule has 0 aromatic heterocycles. The Morgan fingerprint density at radius 2 is 1.92 bits per heavy atom. The van der Waals surface area contributed by atoms with Gasteiger partial charge in [0.25, 0.3) is 0 Å². The highest BCUT2D eigenvalue weighted by Gasteiger charge is 2.35. The first kappa shape index (κ1) is 19.5. The zero-order valence-electron chi connectivity index (χ0n) is 12.3. The van der Waals surface area contributed by atoms with Crippen LogP contribution in [0.4, 0.5) is 18.9 Å². The monoisotopic (exact) mass is 406 g/mol. The molecule has 0 amide bonds. The largest absolute Gasteiger partial charge is 0.466 e. The molecule has 1 aromatic rings. The average Bonchev–Trinajstić information content (AvgIpc) is 2.53. The van der Waals surface area contributed by atoms with E-state index in [-0.39, 0.29) is 10.0 Å². The van der Waals surface area contributed by atoms with Crippen LogP contribution in [-0.4, -0.2) is 26.2 Å². The lowest BCUT2D eigenvalue weighted by Gasteiger charge is -2.17. The van der Waals surface area contributed by atoms with Gasteiger partial charge in [0.1, 0.15) is 5.70 Å². The average molecular weight is 407 g/mol. The Kier molecular flexibility index (Phi) is 6.36. The molecule has 0 aliphatic heterocycles. The number of benzene rings is 1. The Bertz CT molecular complexity index is 739. The van der Waals surface area contributed by atoms with Crippen LogP contribution in [0, 0.1) is 11.3 Å². The lowest BCUT2D eigenvalue weighted by atomic mass is 10.1. The third-order valence-corrected chi connectivity index (χ3v) is 3.28. The smallest absolute Gasteiger partial charge is 0.418 e. The van der Waals surface area contributed by atoms with E-state index in [0.717, 1.165) is 20.3 Å². The van der Waals surface area contributed by atoms with Crippen molar-refractivity contribution >= 4 is 33.6 Å². The van der Waals surface area contributed by atoms with Crippen LogP contribution in [0.5, 0.6) is 0 Å². The van der Waals surface area contributed by atoms with Gasteiger partial charge in [0, 0.05) is 4.47 Å². The van der Waals surface area contributed by atoms with Gasteiger partial charge < -0.3 is 14.8 Å². The maximum Gasteiger partial charge on any atom is 0.418 e. The SMILES string of the molecule is COC(=O)/C=C(/Nc1c(Br)cc(C#N)cc1C(F)(F)F)C(=O)OC. The second-order valence-corrected chi connectivity index (χ2v) is 5.04. The molecule has 1 aromatic carbocycles. The Balaban J connectivity index is 3.49. The number of esters is 2. The third kappa shape index (κ3) is 4.73. The second kappa shape index (κ2) is 7.83. The number of nitriles is 1. The molecule has 0 bridgehead atoms. The summed E-state index contributed by atoms with van der Waals surface area (Å²) in [5, 5.41) is 11.0. The first-order valence-corrected chi connectivity index (χ1v) is 6.89. The molecule has 10 heteroatoms. The summed E-state index contributed by atoms with van der Waals surface area (Å²) >= 11 is 2.90. The Hall–Kier alpha value is -2.54. The van der Waals surface area contributed by atoms with Crippen LogP contribution < -0.4 is 5.32 Å². The molecular weight excluding hydrogens is 397 g/mol. The van der Waals surface area contributed by atoms with E-state index in [9.17, 15) is 22.8 Å². The first-order valence-electron chi connectivity index (χ1n) is 6.09. The van der Waals surface area contributed by atoms with Crippen LogP contribution in [0.3, 0.4) is 0 Å². The number of ether oxygens (including phenoxy) is 2. The molecule has 6 nitrogen and oxygen atoms in total. The maximum atomic E-state index is 13.2. The standard InChI is InChI=1S/C14H10BrF3N2O4/c1-23-11(21)5-10(13(22)24-2)20-12-8(14(16,17)18)3-7(6-19)4-9(12)15/h3-5,20H,1-2H3/b10-5+. The van der Waals surface area contributed by atoms with E-state index in [0.29, 0.717) is 12.1 Å². The van der Waals surface area contributed by atoms with Gasteiger partial charge in [-0.3, -0.25) is 0 Å². The number of rotatable bonds is 4. The predicted octanol–water partition coefficient (Wildman–Crippen LogP) is 2.98. The summed E-state index contributed by atoms with van der Waals surface area (Å²) in [6, 6.07) is 3.34. The molecule has 128 valence electrons. The number of carbonyl (C=O) groups excluding carboxylic acids is 2. The van der Waals surface area contributed by atoms with Crippen molar-refractivity contribution in [3.63, 3.8) is 0 Å². The van der Waals surface area contributed by atoms with E-state index in [2.05, 4.69) is 30.7 Å². The fourth-order valence-corrected chi connectivity index (χ4v) is 2.15. The molecule has 0 aliphatic rings. The molecule has 0 fully saturated rings. The maximum absolute atomic E-state index is 13.2. The van der Waals surface area contributed by atoms with Gasteiger partial charge in [-0.1, -0.05) is 0 Å². The highest BCUT2D eigenvalue weighted by Crippen LogP contribution is 2.40. The topological polar surface area (TPSA) is 88.4 Å². The molecule has 0 aliphatic carbocycles. The normalized spacial score (nSPS) is 11.5. The molecule has 0 saturated carbocycles. The van der Waals surface area contributed by atoms with Crippen molar-refractivity contribution in [2.24, 2.45) is 0 Å². The fourth-order valence-electron chi connectivity index (χ4n) is 1.59. The number of anilines is 1. The number of nitrogens with zero attached hydrogens (tertiary/aromatic N) is 1. The van der Waals surface area contributed by atoms with E-state index >= 15 is 0 Å². The van der Waals surface area contributed by atoms with Crippen molar-refractivity contribution in [1.82, 2.24) is 0 Å². The quantitative estimate of drug-likeness (QED) is 0.610. The van der Waals surface area contributed by atoms with E-state index in [1.807, 2.05) is 0 Å². The van der Waals surface area contributed by atoms with E-state index in [4.69, 9.17) is 5.26 Å². The first-order chi connectivity index (χ1) is 11.1. The minimum absolute atomic E-state index is 0.131. The van der Waals surface area contributed by atoms with Gasteiger partial charge in [-0.05, 0) is 28.1 Å². The molecule has 24 heavy (non-hydrogen) atoms. The third-order valence-electron chi connectivity index (χ3n) is 2.65. The molecular formula is C14H10BrF3N2O4. The van der Waals surface area contributed by atoms with Gasteiger partial charge in [-0.15, -0.1) is 0 Å². The van der Waals surface area contributed by atoms with Crippen LogP contribution in [0.2, 0.25) is 0 Å². The Morgan fingerprint density at radius 3 is 2.38 bits per heavy atom. The van der Waals surface area contributed by atoms with Gasteiger partial charge in [0.05, 0.1) is 43.2 Å². The summed E-state index contributed by atoms with van der Waals surface area (Å²) in [7, 11) is 2.03. The molecule has 0 saturated heterocycles. The summed E-state index contributed by atoms with van der Waals surface area (Å²) in [5.74, 6) is -2.05.